The van der Waals surface area contributed by atoms with Crippen molar-refractivity contribution in [2.24, 2.45) is 0 Å². The summed E-state index contributed by atoms with van der Waals surface area (Å²) < 4.78 is 0. The summed E-state index contributed by atoms with van der Waals surface area (Å²) in [5.74, 6) is 0. The van der Waals surface area contributed by atoms with Crippen molar-refractivity contribution < 1.29 is 0 Å². The Kier molecular flexibility index (Phi) is 5.34. The molecule has 4 rings (SSSR count). The summed E-state index contributed by atoms with van der Waals surface area (Å²) in [6.45, 7) is 0. The van der Waals surface area contributed by atoms with Gasteiger partial charge in [-0.1, -0.05) is 0 Å². The van der Waals surface area contributed by atoms with Gasteiger partial charge in [0.25, 0.3) is 0 Å². The third-order valence-electron chi connectivity index (χ3n) is 3.71. The second kappa shape index (κ2) is 7.53. The fourth-order valence-electron chi connectivity index (χ4n) is 2.59. The summed E-state index contributed by atoms with van der Waals surface area (Å²) in [5.41, 5.74) is 0. The zero-order chi connectivity index (χ0) is 17.3. The molecular formula is C18H12Cl2N2S2Sn. The Hall–Kier alpha value is -0.661. The first-order chi connectivity index (χ1) is 12.1. The SMILES string of the molecule is [Cl][Sn]([Cl])([S]c1nccc2ccccc12)[S]c1nccc2ccccc12. The number of aromatic nitrogens is 2. The molecular weight excluding hydrogens is 498 g/mol. The minimum atomic E-state index is -3.60. The standard InChI is InChI=1S/2C9H7NS.2ClH.Sn/c2*11-9-8-4-2-1-3-7(8)5-6-10-9;;;/h2*1-6H,(H,10,11);2*1H;/q;;;;+4/p-4. The molecule has 2 nitrogen and oxygen atoms in total. The zero-order valence-electron chi connectivity index (χ0n) is 12.9. The van der Waals surface area contributed by atoms with Crippen LogP contribution in [0.2, 0.25) is 0 Å². The van der Waals surface area contributed by atoms with E-state index in [-0.39, 0.29) is 0 Å². The molecule has 0 radical (unpaired) electrons. The van der Waals surface area contributed by atoms with E-state index in [1.807, 2.05) is 36.4 Å². The molecule has 0 amide bonds. The number of nitrogens with zero attached hydrogens (tertiary/aromatic N) is 2. The van der Waals surface area contributed by atoms with Crippen molar-refractivity contribution in [3.63, 3.8) is 0 Å². The number of hydrogen-bond donors (Lipinski definition) is 0. The van der Waals surface area contributed by atoms with Gasteiger partial charge in [-0.15, -0.1) is 0 Å². The van der Waals surface area contributed by atoms with Gasteiger partial charge in [0.05, 0.1) is 0 Å². The van der Waals surface area contributed by atoms with Crippen molar-refractivity contribution in [1.82, 2.24) is 9.97 Å². The van der Waals surface area contributed by atoms with E-state index in [1.54, 1.807) is 12.4 Å². The van der Waals surface area contributed by atoms with Gasteiger partial charge in [0.1, 0.15) is 0 Å². The molecule has 0 bridgehead atoms. The Morgan fingerprint density at radius 2 is 1.08 bits per heavy atom. The normalized spacial score (nSPS) is 11.9. The van der Waals surface area contributed by atoms with E-state index < -0.39 is 13.4 Å². The fourth-order valence-corrected chi connectivity index (χ4v) is 20.8. The predicted octanol–water partition coefficient (Wildman–Crippen LogP) is 6.58. The van der Waals surface area contributed by atoms with Gasteiger partial charge in [-0.25, -0.2) is 0 Å². The summed E-state index contributed by atoms with van der Waals surface area (Å²) in [6, 6.07) is 20.3. The Morgan fingerprint density at radius 1 is 0.640 bits per heavy atom. The number of rotatable bonds is 4. The van der Waals surface area contributed by atoms with Crippen LogP contribution in [0, 0.1) is 0 Å². The molecule has 2 aromatic heterocycles. The maximum atomic E-state index is 6.83. The van der Waals surface area contributed by atoms with E-state index in [1.165, 1.54) is 17.9 Å². The molecule has 0 N–H and O–H groups in total. The van der Waals surface area contributed by atoms with Gasteiger partial charge >= 0.3 is 164 Å². The number of hydrogen-bond acceptors (Lipinski definition) is 4. The van der Waals surface area contributed by atoms with Crippen LogP contribution in [-0.2, 0) is 0 Å². The summed E-state index contributed by atoms with van der Waals surface area (Å²) in [4.78, 5) is 9.02. The summed E-state index contributed by atoms with van der Waals surface area (Å²) in [7, 11) is 16.7. The van der Waals surface area contributed by atoms with Crippen LogP contribution < -0.4 is 0 Å². The van der Waals surface area contributed by atoms with E-state index in [9.17, 15) is 0 Å². The first-order valence-electron chi connectivity index (χ1n) is 7.56. The van der Waals surface area contributed by atoms with Crippen molar-refractivity contribution in [2.75, 3.05) is 0 Å². The van der Waals surface area contributed by atoms with Gasteiger partial charge < -0.3 is 0 Å². The molecule has 2 aromatic carbocycles. The number of pyridine rings is 2. The van der Waals surface area contributed by atoms with Crippen LogP contribution in [0.25, 0.3) is 21.5 Å². The van der Waals surface area contributed by atoms with Crippen LogP contribution in [-0.4, -0.2) is 23.3 Å². The van der Waals surface area contributed by atoms with E-state index in [0.717, 1.165) is 31.6 Å². The van der Waals surface area contributed by atoms with Gasteiger partial charge in [0.2, 0.25) is 0 Å². The molecule has 0 unspecified atom stereocenters. The topological polar surface area (TPSA) is 25.8 Å². The molecule has 0 saturated carbocycles. The first-order valence-corrected chi connectivity index (χ1v) is 23.4. The molecule has 0 aliphatic rings. The molecule has 25 heavy (non-hydrogen) atoms. The summed E-state index contributed by atoms with van der Waals surface area (Å²) in [6.07, 6.45) is 3.61. The maximum absolute atomic E-state index is 6.83. The Morgan fingerprint density at radius 3 is 1.56 bits per heavy atom. The van der Waals surface area contributed by atoms with Crippen LogP contribution in [0.4, 0.5) is 0 Å². The van der Waals surface area contributed by atoms with Crippen molar-refractivity contribution >= 4 is 70.6 Å². The van der Waals surface area contributed by atoms with Crippen molar-refractivity contribution in [1.29, 1.82) is 0 Å². The summed E-state index contributed by atoms with van der Waals surface area (Å²) >= 11 is -3.60. The second-order valence-electron chi connectivity index (χ2n) is 5.34. The Labute approximate surface area is 162 Å². The second-order valence-corrected chi connectivity index (χ2v) is 37.5. The Balaban J connectivity index is 1.67. The van der Waals surface area contributed by atoms with Crippen LogP contribution in [0.3, 0.4) is 0 Å². The summed E-state index contributed by atoms with van der Waals surface area (Å²) in [5, 5.41) is 6.25. The minimum absolute atomic E-state index is 0.895. The molecule has 2 heterocycles. The quantitative estimate of drug-likeness (QED) is 0.290. The third-order valence-corrected chi connectivity index (χ3v) is 22.2. The average molecular weight is 510 g/mol. The molecule has 0 atom stereocenters. The number of halogens is 2. The number of benzene rings is 2. The molecule has 4 aromatic rings. The fraction of sp³-hybridized carbons (Fsp3) is 0. The van der Waals surface area contributed by atoms with Gasteiger partial charge in [0.15, 0.2) is 0 Å². The Bertz CT molecular complexity index is 965. The van der Waals surface area contributed by atoms with Gasteiger partial charge in [-0.3, -0.25) is 0 Å². The first kappa shape index (κ1) is 17.7. The van der Waals surface area contributed by atoms with E-state index >= 15 is 0 Å². The van der Waals surface area contributed by atoms with E-state index in [2.05, 4.69) is 34.2 Å². The van der Waals surface area contributed by atoms with Crippen molar-refractivity contribution in [3.8, 4) is 0 Å². The predicted molar refractivity (Wildman–Crippen MR) is 113 cm³/mol. The van der Waals surface area contributed by atoms with Crippen LogP contribution in [0.1, 0.15) is 0 Å². The monoisotopic (exact) mass is 510 g/mol. The van der Waals surface area contributed by atoms with Gasteiger partial charge in [-0.2, -0.15) is 0 Å². The van der Waals surface area contributed by atoms with Gasteiger partial charge in [-0.05, 0) is 0 Å². The van der Waals surface area contributed by atoms with Gasteiger partial charge in [0, 0.05) is 0 Å². The van der Waals surface area contributed by atoms with Crippen molar-refractivity contribution in [2.45, 2.75) is 10.1 Å². The average Bonchev–Trinajstić information content (AvgIpc) is 2.62. The third kappa shape index (κ3) is 4.03. The molecule has 0 aliphatic heterocycles. The van der Waals surface area contributed by atoms with E-state index in [4.69, 9.17) is 17.8 Å². The zero-order valence-corrected chi connectivity index (χ0v) is 18.9. The van der Waals surface area contributed by atoms with Crippen molar-refractivity contribution in [3.05, 3.63) is 73.1 Å². The van der Waals surface area contributed by atoms with Crippen LogP contribution >= 0.6 is 35.7 Å². The van der Waals surface area contributed by atoms with Crippen LogP contribution in [0.15, 0.2) is 83.1 Å². The molecule has 7 heteroatoms. The van der Waals surface area contributed by atoms with E-state index in [0.29, 0.717) is 0 Å². The molecule has 124 valence electrons. The molecule has 0 saturated heterocycles. The molecule has 0 aliphatic carbocycles. The molecule has 0 fully saturated rings. The van der Waals surface area contributed by atoms with Crippen LogP contribution in [0.5, 0.6) is 0 Å². The molecule has 0 spiro atoms. The number of fused-ring (bicyclic) bond motifs is 2.